The van der Waals surface area contributed by atoms with Crippen molar-refractivity contribution in [2.75, 3.05) is 0 Å². The lowest BCUT2D eigenvalue weighted by molar-refractivity contribution is -0.653. The molecule has 2 heterocycles. The Balaban J connectivity index is 1.81. The molecule has 1 aliphatic carbocycles. The number of nitrogens with zero attached hydrogens (tertiary/aromatic N) is 3. The molecule has 5 nitrogen and oxygen atoms in total. The lowest BCUT2D eigenvalue weighted by Crippen LogP contribution is -2.37. The fraction of sp³-hybridized carbons (Fsp3) is 0.667. The van der Waals surface area contributed by atoms with Gasteiger partial charge in [-0.25, -0.2) is 13.9 Å². The third-order valence-electron chi connectivity index (χ3n) is 5.98. The number of carbonyl (C=O) groups is 1. The Bertz CT molecular complexity index is 781. The van der Waals surface area contributed by atoms with Crippen molar-refractivity contribution in [3.63, 3.8) is 0 Å². The molecule has 5 heteroatoms. The van der Waals surface area contributed by atoms with Crippen LogP contribution in [0.2, 0.25) is 0 Å². The quantitative estimate of drug-likeness (QED) is 0.608. The van der Waals surface area contributed by atoms with Gasteiger partial charge in [0.15, 0.2) is 17.6 Å². The van der Waals surface area contributed by atoms with E-state index >= 15 is 0 Å². The Morgan fingerprint density at radius 2 is 2.19 bits per heavy atom. The molecule has 26 heavy (non-hydrogen) atoms. The molecule has 0 unspecified atom stereocenters. The summed E-state index contributed by atoms with van der Waals surface area (Å²) in [7, 11) is 2.04. The smallest absolute Gasteiger partial charge is 0.348 e. The van der Waals surface area contributed by atoms with E-state index in [1.54, 1.807) is 6.20 Å². The molecule has 3 atom stereocenters. The number of pyridine rings is 1. The third kappa shape index (κ3) is 3.62. The molecule has 2 aromatic rings. The van der Waals surface area contributed by atoms with Gasteiger partial charge in [-0.2, -0.15) is 0 Å². The Hall–Kier alpha value is -1.91. The molecule has 3 rings (SSSR count). The summed E-state index contributed by atoms with van der Waals surface area (Å²) in [5, 5.41) is 0. The minimum absolute atomic E-state index is 0.0463. The first-order valence-corrected chi connectivity index (χ1v) is 9.92. The van der Waals surface area contributed by atoms with Crippen molar-refractivity contribution in [1.82, 2.24) is 9.55 Å². The molecule has 1 aliphatic rings. The van der Waals surface area contributed by atoms with Gasteiger partial charge >= 0.3 is 5.97 Å². The monoisotopic (exact) mass is 358 g/mol. The zero-order chi connectivity index (χ0) is 18.8. The summed E-state index contributed by atoms with van der Waals surface area (Å²) >= 11 is 0. The van der Waals surface area contributed by atoms with Crippen LogP contribution in [0.3, 0.4) is 0 Å². The maximum Gasteiger partial charge on any atom is 0.348 e. The number of rotatable bonds is 5. The molecule has 0 bridgehead atoms. The number of imidazole rings is 1. The molecular weight excluding hydrogens is 326 g/mol. The standard InChI is InChI=1S/C21H32N3O2/c1-6-20-23(5)17-9-10-22-12-18(17)24(20)13-21(25)26-19-11-15(4)7-8-16(19)14(2)3/h9-10,12,14-16,19H,6-8,11,13H2,1-5H3/q+1/t15-,16+,19-/m1/s1. The van der Waals surface area contributed by atoms with Crippen LogP contribution in [0.15, 0.2) is 18.5 Å². The second-order valence-electron chi connectivity index (χ2n) is 8.13. The SMILES string of the molecule is CCc1n(CC(=O)O[C@@H]2C[C@H](C)CC[C@H]2C(C)C)c2cnccc2[n+]1C. The van der Waals surface area contributed by atoms with Gasteiger partial charge in [0.05, 0.1) is 13.2 Å². The van der Waals surface area contributed by atoms with E-state index in [4.69, 9.17) is 4.74 Å². The summed E-state index contributed by atoms with van der Waals surface area (Å²) in [5.41, 5.74) is 2.08. The largest absolute Gasteiger partial charge is 0.459 e. The molecule has 0 N–H and O–H groups in total. The fourth-order valence-electron chi connectivity index (χ4n) is 4.52. The van der Waals surface area contributed by atoms with Gasteiger partial charge in [-0.15, -0.1) is 0 Å². The predicted molar refractivity (Wildman–Crippen MR) is 102 cm³/mol. The van der Waals surface area contributed by atoms with Crippen molar-refractivity contribution < 1.29 is 14.1 Å². The number of aryl methyl sites for hydroxylation is 1. The van der Waals surface area contributed by atoms with Crippen LogP contribution in [-0.2, 0) is 29.5 Å². The number of aromatic nitrogens is 3. The van der Waals surface area contributed by atoms with Gasteiger partial charge in [0, 0.05) is 18.7 Å². The second kappa shape index (κ2) is 7.77. The van der Waals surface area contributed by atoms with E-state index < -0.39 is 0 Å². The number of esters is 1. The molecule has 1 fully saturated rings. The predicted octanol–water partition coefficient (Wildman–Crippen LogP) is 3.43. The molecule has 0 aliphatic heterocycles. The summed E-state index contributed by atoms with van der Waals surface area (Å²) < 4.78 is 10.2. The lowest BCUT2D eigenvalue weighted by atomic mass is 9.75. The Kier molecular flexibility index (Phi) is 5.64. The van der Waals surface area contributed by atoms with Crippen molar-refractivity contribution >= 4 is 17.0 Å². The highest BCUT2D eigenvalue weighted by Crippen LogP contribution is 2.35. The van der Waals surface area contributed by atoms with Gasteiger partial charge in [0.1, 0.15) is 6.10 Å². The van der Waals surface area contributed by atoms with E-state index in [0.29, 0.717) is 17.8 Å². The summed E-state index contributed by atoms with van der Waals surface area (Å²) in [5.74, 6) is 2.62. The highest BCUT2D eigenvalue weighted by Gasteiger charge is 2.34. The molecule has 0 saturated heterocycles. The minimum Gasteiger partial charge on any atom is -0.459 e. The first-order valence-electron chi connectivity index (χ1n) is 9.92. The molecule has 0 spiro atoms. The van der Waals surface area contributed by atoms with Crippen LogP contribution in [-0.4, -0.2) is 21.6 Å². The van der Waals surface area contributed by atoms with E-state index in [-0.39, 0.29) is 18.6 Å². The summed E-state index contributed by atoms with van der Waals surface area (Å²) in [6.45, 7) is 9.10. The van der Waals surface area contributed by atoms with Crippen molar-refractivity contribution in [2.24, 2.45) is 24.8 Å². The molecule has 2 aromatic heterocycles. The summed E-state index contributed by atoms with van der Waals surface area (Å²) in [6, 6.07) is 1.99. The van der Waals surface area contributed by atoms with Gasteiger partial charge in [-0.05, 0) is 30.6 Å². The zero-order valence-electron chi connectivity index (χ0n) is 16.7. The van der Waals surface area contributed by atoms with Crippen LogP contribution in [0.25, 0.3) is 11.0 Å². The van der Waals surface area contributed by atoms with Crippen LogP contribution >= 0.6 is 0 Å². The molecule has 0 amide bonds. The average molecular weight is 359 g/mol. The number of fused-ring (bicyclic) bond motifs is 1. The molecule has 0 radical (unpaired) electrons. The highest BCUT2D eigenvalue weighted by molar-refractivity contribution is 5.75. The van der Waals surface area contributed by atoms with Crippen LogP contribution < -0.4 is 4.57 Å². The Morgan fingerprint density at radius 1 is 1.42 bits per heavy atom. The van der Waals surface area contributed by atoms with Gasteiger partial charge in [-0.3, -0.25) is 4.98 Å². The second-order valence-corrected chi connectivity index (χ2v) is 8.13. The van der Waals surface area contributed by atoms with Gasteiger partial charge in [0.2, 0.25) is 0 Å². The van der Waals surface area contributed by atoms with Gasteiger partial charge < -0.3 is 4.74 Å². The van der Waals surface area contributed by atoms with Gasteiger partial charge in [0.25, 0.3) is 5.82 Å². The van der Waals surface area contributed by atoms with E-state index in [2.05, 4.69) is 41.8 Å². The normalized spacial score (nSPS) is 23.5. The summed E-state index contributed by atoms with van der Waals surface area (Å²) in [4.78, 5) is 17.0. The van der Waals surface area contributed by atoms with Gasteiger partial charge in [-0.1, -0.05) is 34.1 Å². The summed E-state index contributed by atoms with van der Waals surface area (Å²) in [6.07, 6.45) is 7.90. The Labute approximate surface area is 156 Å². The first kappa shape index (κ1) is 18.9. The van der Waals surface area contributed by atoms with E-state index in [1.165, 1.54) is 6.42 Å². The van der Waals surface area contributed by atoms with Crippen molar-refractivity contribution in [3.8, 4) is 0 Å². The van der Waals surface area contributed by atoms with Crippen LogP contribution in [0.1, 0.15) is 52.8 Å². The van der Waals surface area contributed by atoms with Crippen LogP contribution in [0.5, 0.6) is 0 Å². The van der Waals surface area contributed by atoms with Crippen molar-refractivity contribution in [1.29, 1.82) is 0 Å². The van der Waals surface area contributed by atoms with Crippen molar-refractivity contribution in [2.45, 2.75) is 66.0 Å². The highest BCUT2D eigenvalue weighted by atomic mass is 16.5. The maximum atomic E-state index is 12.8. The maximum absolute atomic E-state index is 12.8. The Morgan fingerprint density at radius 3 is 2.88 bits per heavy atom. The topological polar surface area (TPSA) is 48.0 Å². The third-order valence-corrected chi connectivity index (χ3v) is 5.98. The van der Waals surface area contributed by atoms with E-state index in [1.807, 2.05) is 19.3 Å². The lowest BCUT2D eigenvalue weighted by Gasteiger charge is -2.36. The zero-order valence-corrected chi connectivity index (χ0v) is 16.7. The van der Waals surface area contributed by atoms with Crippen LogP contribution in [0, 0.1) is 17.8 Å². The molecule has 1 saturated carbocycles. The number of ether oxygens (including phenoxy) is 1. The van der Waals surface area contributed by atoms with Crippen molar-refractivity contribution in [3.05, 3.63) is 24.3 Å². The molecule has 0 aromatic carbocycles. The van der Waals surface area contributed by atoms with E-state index in [0.717, 1.165) is 36.1 Å². The first-order chi connectivity index (χ1) is 12.4. The molecular formula is C21H32N3O2+. The minimum atomic E-state index is -0.134. The fourth-order valence-corrected chi connectivity index (χ4v) is 4.52. The number of hydrogen-bond acceptors (Lipinski definition) is 3. The van der Waals surface area contributed by atoms with E-state index in [9.17, 15) is 4.79 Å². The molecule has 142 valence electrons. The number of hydrogen-bond donors (Lipinski definition) is 0. The van der Waals surface area contributed by atoms with Crippen LogP contribution in [0.4, 0.5) is 0 Å². The average Bonchev–Trinajstić information content (AvgIpc) is 2.86. The number of carbonyl (C=O) groups excluding carboxylic acids is 1.